The topological polar surface area (TPSA) is 55.8 Å². The molecule has 1 atom stereocenters. The molecule has 1 rings (SSSR count). The van der Waals surface area contributed by atoms with Crippen molar-refractivity contribution < 1.29 is 19.4 Å². The van der Waals surface area contributed by atoms with E-state index in [1.54, 1.807) is 13.2 Å². The first-order valence-electron chi connectivity index (χ1n) is 5.21. The van der Waals surface area contributed by atoms with Gasteiger partial charge in [0, 0.05) is 11.6 Å². The van der Waals surface area contributed by atoms with Gasteiger partial charge in [0.05, 0.1) is 6.61 Å². The van der Waals surface area contributed by atoms with Crippen molar-refractivity contribution in [3.05, 3.63) is 28.2 Å². The van der Waals surface area contributed by atoms with Gasteiger partial charge in [0.15, 0.2) is 6.10 Å². The van der Waals surface area contributed by atoms with Crippen LogP contribution < -0.4 is 4.74 Å². The number of halogens is 1. The molecule has 0 amide bonds. The maximum absolute atomic E-state index is 10.7. The Balaban J connectivity index is 2.85. The minimum Gasteiger partial charge on any atom is -0.479 e. The molecule has 5 heteroatoms. The zero-order chi connectivity index (χ0) is 12.8. The summed E-state index contributed by atoms with van der Waals surface area (Å²) < 4.78 is 11.3. The maximum atomic E-state index is 10.7. The van der Waals surface area contributed by atoms with Gasteiger partial charge in [-0.2, -0.15) is 0 Å². The van der Waals surface area contributed by atoms with Gasteiger partial charge in [0.2, 0.25) is 0 Å². The molecule has 0 bridgehead atoms. The quantitative estimate of drug-likeness (QED) is 0.877. The summed E-state index contributed by atoms with van der Waals surface area (Å²) in [5, 5.41) is 8.81. The van der Waals surface area contributed by atoms with Crippen molar-refractivity contribution >= 4 is 21.9 Å². The molecule has 0 radical (unpaired) electrons. The minimum absolute atomic E-state index is 0.564. The van der Waals surface area contributed by atoms with Gasteiger partial charge in [0.1, 0.15) is 5.75 Å². The predicted molar refractivity (Wildman–Crippen MR) is 67.4 cm³/mol. The zero-order valence-corrected chi connectivity index (χ0v) is 11.4. The monoisotopic (exact) mass is 302 g/mol. The van der Waals surface area contributed by atoms with E-state index in [0.29, 0.717) is 18.8 Å². The van der Waals surface area contributed by atoms with Gasteiger partial charge in [-0.05, 0) is 37.1 Å². The summed E-state index contributed by atoms with van der Waals surface area (Å²) in [6.07, 6.45) is -0.185. The largest absolute Gasteiger partial charge is 0.479 e. The van der Waals surface area contributed by atoms with E-state index < -0.39 is 12.1 Å². The first kappa shape index (κ1) is 14.0. The molecule has 94 valence electrons. The molecule has 1 N–H and O–H groups in total. The highest BCUT2D eigenvalue weighted by Crippen LogP contribution is 2.24. The highest BCUT2D eigenvalue weighted by atomic mass is 79.9. The van der Waals surface area contributed by atoms with Crippen molar-refractivity contribution in [1.82, 2.24) is 0 Å². The van der Waals surface area contributed by atoms with E-state index in [2.05, 4.69) is 15.9 Å². The molecule has 1 aromatic carbocycles. The summed E-state index contributed by atoms with van der Waals surface area (Å²) >= 11 is 3.37. The van der Waals surface area contributed by atoms with Crippen molar-refractivity contribution in [1.29, 1.82) is 0 Å². The third-order valence-electron chi connectivity index (χ3n) is 2.25. The van der Waals surface area contributed by atoms with Gasteiger partial charge in [-0.1, -0.05) is 15.9 Å². The number of hydrogen-bond donors (Lipinski definition) is 1. The summed E-state index contributed by atoms with van der Waals surface area (Å²) in [4.78, 5) is 10.7. The Morgan fingerprint density at radius 3 is 2.82 bits per heavy atom. The maximum Gasteiger partial charge on any atom is 0.344 e. The Morgan fingerprint density at radius 1 is 1.53 bits per heavy atom. The van der Waals surface area contributed by atoms with Crippen molar-refractivity contribution in [2.75, 3.05) is 13.7 Å². The molecule has 1 unspecified atom stereocenters. The summed E-state index contributed by atoms with van der Waals surface area (Å²) in [7, 11) is 1.62. The van der Waals surface area contributed by atoms with Gasteiger partial charge in [0.25, 0.3) is 0 Å². The molecule has 1 aromatic rings. The van der Waals surface area contributed by atoms with E-state index in [9.17, 15) is 4.79 Å². The minimum atomic E-state index is -0.981. The van der Waals surface area contributed by atoms with E-state index >= 15 is 0 Å². The average Bonchev–Trinajstić information content (AvgIpc) is 2.29. The van der Waals surface area contributed by atoms with Crippen LogP contribution in [0.15, 0.2) is 22.7 Å². The molecule has 0 heterocycles. The van der Waals surface area contributed by atoms with Gasteiger partial charge in [-0.15, -0.1) is 0 Å². The van der Waals surface area contributed by atoms with E-state index in [0.717, 1.165) is 10.0 Å². The fourth-order valence-electron chi connectivity index (χ4n) is 1.31. The zero-order valence-electron chi connectivity index (χ0n) is 9.77. The number of carboxylic acid groups (broad SMARTS) is 1. The summed E-state index contributed by atoms with van der Waals surface area (Å²) in [5.74, 6) is -0.397. The summed E-state index contributed by atoms with van der Waals surface area (Å²) in [5.41, 5.74) is 0.925. The van der Waals surface area contributed by atoms with Crippen LogP contribution in [0.3, 0.4) is 0 Å². The third-order valence-corrected chi connectivity index (χ3v) is 2.74. The first-order valence-corrected chi connectivity index (χ1v) is 6.00. The number of carbonyl (C=O) groups is 1. The van der Waals surface area contributed by atoms with E-state index in [-0.39, 0.29) is 0 Å². The Hall–Kier alpha value is -1.07. The van der Waals surface area contributed by atoms with Crippen molar-refractivity contribution in [2.45, 2.75) is 19.4 Å². The normalized spacial score (nSPS) is 12.2. The Bertz CT molecular complexity index is 392. The lowest BCUT2D eigenvalue weighted by atomic mass is 10.1. The van der Waals surface area contributed by atoms with Crippen LogP contribution in [0.4, 0.5) is 0 Å². The van der Waals surface area contributed by atoms with Crippen LogP contribution in [0, 0.1) is 0 Å². The lowest BCUT2D eigenvalue weighted by Gasteiger charge is -2.14. The fourth-order valence-corrected chi connectivity index (χ4v) is 1.72. The number of aliphatic carboxylic acids is 1. The summed E-state index contributed by atoms with van der Waals surface area (Å²) in [6.45, 7) is 2.07. The SMILES string of the molecule is COCCc1cc(Br)ccc1OC(C)C(=O)O. The Morgan fingerprint density at radius 2 is 2.24 bits per heavy atom. The molecule has 0 saturated carbocycles. The van der Waals surface area contributed by atoms with E-state index in [1.165, 1.54) is 6.92 Å². The Labute approximate surface area is 109 Å². The molecular weight excluding hydrogens is 288 g/mol. The highest BCUT2D eigenvalue weighted by molar-refractivity contribution is 9.10. The highest BCUT2D eigenvalue weighted by Gasteiger charge is 2.14. The number of carboxylic acids is 1. The standard InChI is InChI=1S/C12H15BrO4/c1-8(12(14)15)17-11-4-3-10(13)7-9(11)5-6-16-2/h3-4,7-8H,5-6H2,1-2H3,(H,14,15). The third kappa shape index (κ3) is 4.36. The number of hydrogen-bond acceptors (Lipinski definition) is 3. The van der Waals surface area contributed by atoms with Gasteiger partial charge < -0.3 is 14.6 Å². The second-order valence-corrected chi connectivity index (χ2v) is 4.51. The number of rotatable bonds is 6. The number of methoxy groups -OCH3 is 1. The molecule has 0 aliphatic heterocycles. The molecule has 0 aromatic heterocycles. The predicted octanol–water partition coefficient (Wildman–Crippen LogP) is 2.49. The van der Waals surface area contributed by atoms with Crippen molar-refractivity contribution in [2.24, 2.45) is 0 Å². The molecule has 0 aliphatic rings. The molecule has 0 fully saturated rings. The molecular formula is C12H15BrO4. The van der Waals surface area contributed by atoms with Gasteiger partial charge in [-0.25, -0.2) is 4.79 Å². The van der Waals surface area contributed by atoms with Crippen LogP contribution in [0.5, 0.6) is 5.75 Å². The Kier molecular flexibility index (Phi) is 5.44. The lowest BCUT2D eigenvalue weighted by molar-refractivity contribution is -0.144. The molecule has 0 spiro atoms. The van der Waals surface area contributed by atoms with Crippen LogP contribution in [0.25, 0.3) is 0 Å². The number of ether oxygens (including phenoxy) is 2. The second kappa shape index (κ2) is 6.61. The lowest BCUT2D eigenvalue weighted by Crippen LogP contribution is -2.23. The van der Waals surface area contributed by atoms with Gasteiger partial charge in [-0.3, -0.25) is 0 Å². The fraction of sp³-hybridized carbons (Fsp3) is 0.417. The average molecular weight is 303 g/mol. The summed E-state index contributed by atoms with van der Waals surface area (Å²) in [6, 6.07) is 5.48. The van der Waals surface area contributed by atoms with Crippen molar-refractivity contribution in [3.63, 3.8) is 0 Å². The molecule has 4 nitrogen and oxygen atoms in total. The number of benzene rings is 1. The second-order valence-electron chi connectivity index (χ2n) is 3.59. The van der Waals surface area contributed by atoms with Crippen LogP contribution in [0.2, 0.25) is 0 Å². The van der Waals surface area contributed by atoms with E-state index in [4.69, 9.17) is 14.6 Å². The van der Waals surface area contributed by atoms with E-state index in [1.807, 2.05) is 12.1 Å². The van der Waals surface area contributed by atoms with Crippen LogP contribution in [-0.4, -0.2) is 30.9 Å². The van der Waals surface area contributed by atoms with Crippen LogP contribution >= 0.6 is 15.9 Å². The van der Waals surface area contributed by atoms with Crippen LogP contribution in [-0.2, 0) is 16.0 Å². The molecule has 0 saturated heterocycles. The van der Waals surface area contributed by atoms with Crippen molar-refractivity contribution in [3.8, 4) is 5.75 Å². The first-order chi connectivity index (χ1) is 8.04. The molecule has 17 heavy (non-hydrogen) atoms. The molecule has 0 aliphatic carbocycles. The smallest absolute Gasteiger partial charge is 0.344 e. The van der Waals surface area contributed by atoms with Crippen LogP contribution in [0.1, 0.15) is 12.5 Å². The van der Waals surface area contributed by atoms with Gasteiger partial charge >= 0.3 is 5.97 Å².